The molecule has 1 aromatic carbocycles. The van der Waals surface area contributed by atoms with Gasteiger partial charge in [-0.3, -0.25) is 0 Å². The number of nitrogens with one attached hydrogen (secondary N) is 1. The molecule has 96 valence electrons. The van der Waals surface area contributed by atoms with Gasteiger partial charge in [-0.1, -0.05) is 0 Å². The highest BCUT2D eigenvalue weighted by Crippen LogP contribution is 2.16. The van der Waals surface area contributed by atoms with Crippen LogP contribution in [0.15, 0.2) is 18.2 Å². The van der Waals surface area contributed by atoms with Crippen molar-refractivity contribution in [1.29, 1.82) is 0 Å². The molecule has 1 aromatic heterocycles. The Hall–Kier alpha value is -1.88. The van der Waals surface area contributed by atoms with Crippen LogP contribution in [0, 0.1) is 0 Å². The number of fused-ring (bicyclic) bond motifs is 1. The first-order valence-electron chi connectivity index (χ1n) is 5.71. The Morgan fingerprint density at radius 3 is 2.78 bits per heavy atom. The van der Waals surface area contributed by atoms with Crippen molar-refractivity contribution >= 4 is 17.0 Å². The number of carboxylic acid groups (broad SMARTS) is 1. The number of imidazole rings is 1. The lowest BCUT2D eigenvalue weighted by Crippen LogP contribution is -2.19. The van der Waals surface area contributed by atoms with Gasteiger partial charge in [0.25, 0.3) is 0 Å². The Morgan fingerprint density at radius 2 is 2.17 bits per heavy atom. The summed E-state index contributed by atoms with van der Waals surface area (Å²) in [7, 11) is 0. The molecule has 1 heterocycles. The third kappa shape index (κ3) is 2.87. The Labute approximate surface area is 105 Å². The number of H-pyrrole nitrogens is 1. The third-order valence-corrected chi connectivity index (χ3v) is 2.42. The molecule has 0 bridgehead atoms. The molecule has 0 fully saturated rings. The van der Waals surface area contributed by atoms with Gasteiger partial charge in [-0.05, 0) is 39.0 Å². The van der Waals surface area contributed by atoms with Crippen molar-refractivity contribution in [2.24, 2.45) is 0 Å². The third-order valence-electron chi connectivity index (χ3n) is 2.42. The highest BCUT2D eigenvalue weighted by atomic mass is 16.5. The number of rotatable bonds is 3. The van der Waals surface area contributed by atoms with E-state index in [1.807, 2.05) is 20.8 Å². The molecule has 2 N–H and O–H groups in total. The smallest absolute Gasteiger partial charge is 0.335 e. The second-order valence-corrected chi connectivity index (χ2v) is 5.12. The minimum absolute atomic E-state index is 0.231. The van der Waals surface area contributed by atoms with Gasteiger partial charge in [0, 0.05) is 0 Å². The highest BCUT2D eigenvalue weighted by Gasteiger charge is 2.12. The average molecular weight is 248 g/mol. The van der Waals surface area contributed by atoms with Crippen molar-refractivity contribution in [3.05, 3.63) is 29.6 Å². The summed E-state index contributed by atoms with van der Waals surface area (Å²) in [5.41, 5.74) is 1.47. The summed E-state index contributed by atoms with van der Waals surface area (Å²) in [6, 6.07) is 4.81. The summed E-state index contributed by atoms with van der Waals surface area (Å²) in [5, 5.41) is 8.90. The lowest BCUT2D eigenvalue weighted by atomic mass is 10.2. The number of aromatic amines is 1. The molecule has 2 aromatic rings. The lowest BCUT2D eigenvalue weighted by molar-refractivity contribution is -0.0177. The van der Waals surface area contributed by atoms with Gasteiger partial charge in [-0.2, -0.15) is 0 Å². The van der Waals surface area contributed by atoms with Crippen molar-refractivity contribution in [2.45, 2.75) is 33.0 Å². The van der Waals surface area contributed by atoms with Gasteiger partial charge in [-0.15, -0.1) is 0 Å². The van der Waals surface area contributed by atoms with E-state index in [4.69, 9.17) is 9.84 Å². The fourth-order valence-corrected chi connectivity index (χ4v) is 1.55. The van der Waals surface area contributed by atoms with Crippen LogP contribution in [-0.2, 0) is 11.3 Å². The van der Waals surface area contributed by atoms with Gasteiger partial charge in [0.15, 0.2) is 0 Å². The van der Waals surface area contributed by atoms with Gasteiger partial charge >= 0.3 is 5.97 Å². The topological polar surface area (TPSA) is 75.2 Å². The van der Waals surface area contributed by atoms with Crippen molar-refractivity contribution < 1.29 is 14.6 Å². The molecule has 0 unspecified atom stereocenters. The minimum Gasteiger partial charge on any atom is -0.478 e. The van der Waals surface area contributed by atoms with E-state index in [1.165, 1.54) is 0 Å². The molecule has 0 saturated heterocycles. The summed E-state index contributed by atoms with van der Waals surface area (Å²) in [4.78, 5) is 18.3. The van der Waals surface area contributed by atoms with Gasteiger partial charge in [0.2, 0.25) is 0 Å². The maximum absolute atomic E-state index is 10.8. The number of aromatic nitrogens is 2. The number of ether oxygens (including phenoxy) is 1. The maximum atomic E-state index is 10.8. The second-order valence-electron chi connectivity index (χ2n) is 5.12. The average Bonchev–Trinajstić information content (AvgIpc) is 2.66. The van der Waals surface area contributed by atoms with Gasteiger partial charge < -0.3 is 14.8 Å². The summed E-state index contributed by atoms with van der Waals surface area (Å²) >= 11 is 0. The largest absolute Gasteiger partial charge is 0.478 e. The first-order valence-corrected chi connectivity index (χ1v) is 5.71. The van der Waals surface area contributed by atoms with Crippen LogP contribution < -0.4 is 0 Å². The first-order chi connectivity index (χ1) is 8.35. The van der Waals surface area contributed by atoms with Crippen molar-refractivity contribution in [1.82, 2.24) is 9.97 Å². The number of hydrogen-bond donors (Lipinski definition) is 2. The summed E-state index contributed by atoms with van der Waals surface area (Å²) in [5.74, 6) is -0.249. The van der Waals surface area contributed by atoms with E-state index in [9.17, 15) is 4.79 Å². The monoisotopic (exact) mass is 248 g/mol. The molecule has 5 nitrogen and oxygen atoms in total. The number of aromatic carboxylic acids is 1. The van der Waals surface area contributed by atoms with Crippen LogP contribution in [0.3, 0.4) is 0 Å². The Morgan fingerprint density at radius 1 is 1.44 bits per heavy atom. The Kier molecular flexibility index (Phi) is 3.09. The van der Waals surface area contributed by atoms with Gasteiger partial charge in [0.1, 0.15) is 12.4 Å². The van der Waals surface area contributed by atoms with Crippen LogP contribution in [0.4, 0.5) is 0 Å². The quantitative estimate of drug-likeness (QED) is 0.875. The molecular weight excluding hydrogens is 232 g/mol. The van der Waals surface area contributed by atoms with Crippen LogP contribution in [0.2, 0.25) is 0 Å². The van der Waals surface area contributed by atoms with E-state index in [1.54, 1.807) is 18.2 Å². The van der Waals surface area contributed by atoms with Crippen molar-refractivity contribution in [2.75, 3.05) is 0 Å². The van der Waals surface area contributed by atoms with Crippen molar-refractivity contribution in [3.8, 4) is 0 Å². The molecule has 0 spiro atoms. The SMILES string of the molecule is CC(C)(C)OCc1nc2ccc(C(=O)O)cc2[nH]1. The van der Waals surface area contributed by atoms with Crippen LogP contribution in [0.25, 0.3) is 11.0 Å². The van der Waals surface area contributed by atoms with E-state index in [0.29, 0.717) is 17.9 Å². The normalized spacial score (nSPS) is 11.9. The molecule has 5 heteroatoms. The summed E-state index contributed by atoms with van der Waals surface area (Å²) in [6.07, 6.45) is 0. The molecule has 0 aliphatic rings. The zero-order valence-electron chi connectivity index (χ0n) is 10.7. The molecule has 0 aliphatic heterocycles. The fraction of sp³-hybridized carbons (Fsp3) is 0.385. The molecule has 0 amide bonds. The highest BCUT2D eigenvalue weighted by molar-refractivity contribution is 5.92. The Balaban J connectivity index is 2.24. The number of hydrogen-bond acceptors (Lipinski definition) is 3. The van der Waals surface area contributed by atoms with Crippen molar-refractivity contribution in [3.63, 3.8) is 0 Å². The standard InChI is InChI=1S/C13H16N2O3/c1-13(2,3)18-7-11-14-9-5-4-8(12(16)17)6-10(9)15-11/h4-6H,7H2,1-3H3,(H,14,15)(H,16,17). The van der Waals surface area contributed by atoms with E-state index in [0.717, 1.165) is 5.52 Å². The van der Waals surface area contributed by atoms with E-state index in [2.05, 4.69) is 9.97 Å². The number of carbonyl (C=O) groups is 1. The van der Waals surface area contributed by atoms with Crippen LogP contribution in [0.1, 0.15) is 37.0 Å². The molecule has 0 atom stereocenters. The lowest BCUT2D eigenvalue weighted by Gasteiger charge is -2.18. The Bertz CT molecular complexity index is 581. The van der Waals surface area contributed by atoms with E-state index in [-0.39, 0.29) is 11.2 Å². The van der Waals surface area contributed by atoms with E-state index < -0.39 is 5.97 Å². The van der Waals surface area contributed by atoms with Crippen LogP contribution in [0.5, 0.6) is 0 Å². The van der Waals surface area contributed by atoms with Crippen LogP contribution in [-0.4, -0.2) is 26.6 Å². The minimum atomic E-state index is -0.945. The van der Waals surface area contributed by atoms with Gasteiger partial charge in [0.05, 0.1) is 22.2 Å². The maximum Gasteiger partial charge on any atom is 0.335 e. The molecular formula is C13H16N2O3. The molecule has 0 aliphatic carbocycles. The summed E-state index contributed by atoms with van der Waals surface area (Å²) < 4.78 is 5.61. The first kappa shape index (κ1) is 12.6. The predicted octanol–water partition coefficient (Wildman–Crippen LogP) is 2.58. The fourth-order valence-electron chi connectivity index (χ4n) is 1.55. The zero-order chi connectivity index (χ0) is 13.3. The number of carboxylic acids is 1. The predicted molar refractivity (Wildman–Crippen MR) is 67.6 cm³/mol. The molecule has 0 radical (unpaired) electrons. The molecule has 18 heavy (non-hydrogen) atoms. The molecule has 2 rings (SSSR count). The molecule has 0 saturated carbocycles. The second kappa shape index (κ2) is 4.42. The number of nitrogens with zero attached hydrogens (tertiary/aromatic N) is 1. The van der Waals surface area contributed by atoms with E-state index >= 15 is 0 Å². The number of benzene rings is 1. The summed E-state index contributed by atoms with van der Waals surface area (Å²) in [6.45, 7) is 6.29. The van der Waals surface area contributed by atoms with Gasteiger partial charge in [-0.25, -0.2) is 9.78 Å². The van der Waals surface area contributed by atoms with Crippen LogP contribution >= 0.6 is 0 Å². The zero-order valence-corrected chi connectivity index (χ0v) is 10.7.